The zero-order chi connectivity index (χ0) is 23.1. The number of para-hydroxylation sites is 1. The first-order valence-corrected chi connectivity index (χ1v) is 11.7. The van der Waals surface area contributed by atoms with Gasteiger partial charge in [0.1, 0.15) is 30.0 Å². The van der Waals surface area contributed by atoms with Crippen LogP contribution in [-0.2, 0) is 0 Å². The van der Waals surface area contributed by atoms with E-state index in [1.54, 1.807) is 6.07 Å². The smallest absolute Gasteiger partial charge is 0.170 e. The summed E-state index contributed by atoms with van der Waals surface area (Å²) < 4.78 is 24.5. The van der Waals surface area contributed by atoms with E-state index >= 15 is 0 Å². The van der Waals surface area contributed by atoms with E-state index in [0.29, 0.717) is 35.5 Å². The Balaban J connectivity index is 1.03. The maximum absolute atomic E-state index is 13.4. The number of hydrogen-bond acceptors (Lipinski definition) is 6. The fourth-order valence-corrected chi connectivity index (χ4v) is 5.23. The van der Waals surface area contributed by atoms with Crippen LogP contribution in [0.25, 0.3) is 22.2 Å². The second kappa shape index (κ2) is 8.74. The molecule has 3 atom stereocenters. The van der Waals surface area contributed by atoms with Gasteiger partial charge in [0.25, 0.3) is 0 Å². The molecule has 0 radical (unpaired) electrons. The molecule has 2 N–H and O–H groups in total. The van der Waals surface area contributed by atoms with E-state index in [-0.39, 0.29) is 12.4 Å². The zero-order valence-corrected chi connectivity index (χ0v) is 18.7. The van der Waals surface area contributed by atoms with Gasteiger partial charge in [0.05, 0.1) is 0 Å². The van der Waals surface area contributed by atoms with E-state index in [1.165, 1.54) is 23.4 Å². The minimum atomic E-state index is -0.575. The van der Waals surface area contributed by atoms with Gasteiger partial charge in [-0.25, -0.2) is 4.39 Å². The minimum Gasteiger partial charge on any atom is -0.491 e. The number of halogens is 1. The molecule has 3 heterocycles. The SMILES string of the molecule is O[C@@H](COc1ccc(-c2noc3cc(F)ccc23)cc1)CN1CCC2c3ccccc3NC2C1. The first-order valence-electron chi connectivity index (χ1n) is 11.7. The molecule has 0 amide bonds. The van der Waals surface area contributed by atoms with Crippen molar-refractivity contribution in [2.24, 2.45) is 0 Å². The number of likely N-dealkylation sites (tertiary alicyclic amines) is 1. The van der Waals surface area contributed by atoms with Gasteiger partial charge >= 0.3 is 0 Å². The van der Waals surface area contributed by atoms with Crippen molar-refractivity contribution < 1.29 is 18.8 Å². The second-order valence-electron chi connectivity index (χ2n) is 9.15. The van der Waals surface area contributed by atoms with E-state index in [4.69, 9.17) is 9.26 Å². The quantitative estimate of drug-likeness (QED) is 0.437. The number of aliphatic hydroxyl groups is 1. The van der Waals surface area contributed by atoms with Crippen LogP contribution in [0, 0.1) is 5.82 Å². The maximum atomic E-state index is 13.4. The third-order valence-electron chi connectivity index (χ3n) is 6.87. The van der Waals surface area contributed by atoms with Crippen molar-refractivity contribution >= 4 is 16.7 Å². The van der Waals surface area contributed by atoms with E-state index in [1.807, 2.05) is 24.3 Å². The van der Waals surface area contributed by atoms with Crippen LogP contribution in [0.15, 0.2) is 71.3 Å². The number of piperidine rings is 1. The standard InChI is InChI=1S/C27H26FN3O3/c28-18-7-10-23-26(13-18)34-30-27(23)17-5-8-20(9-6-17)33-16-19(32)14-31-12-11-22-21-3-1-2-4-24(21)29-25(22)15-31/h1-10,13,19,22,25,29,32H,11-12,14-16H2/t19-,22?,25?/m1/s1. The Hall–Kier alpha value is -3.42. The third-order valence-corrected chi connectivity index (χ3v) is 6.87. The zero-order valence-electron chi connectivity index (χ0n) is 18.7. The first kappa shape index (κ1) is 21.1. The predicted octanol–water partition coefficient (Wildman–Crippen LogP) is 4.66. The highest BCUT2D eigenvalue weighted by Crippen LogP contribution is 2.40. The van der Waals surface area contributed by atoms with Crippen molar-refractivity contribution in [3.05, 3.63) is 78.1 Å². The molecule has 0 saturated carbocycles. The van der Waals surface area contributed by atoms with Crippen LogP contribution in [0.3, 0.4) is 0 Å². The summed E-state index contributed by atoms with van der Waals surface area (Å²) in [5.74, 6) is 0.875. The van der Waals surface area contributed by atoms with E-state index < -0.39 is 6.10 Å². The number of nitrogens with one attached hydrogen (secondary N) is 1. The minimum absolute atomic E-state index is 0.226. The number of anilines is 1. The first-order chi connectivity index (χ1) is 16.6. The van der Waals surface area contributed by atoms with Gasteiger partial charge in [0, 0.05) is 47.8 Å². The number of ether oxygens (including phenoxy) is 1. The van der Waals surface area contributed by atoms with Crippen molar-refractivity contribution in [1.29, 1.82) is 0 Å². The molecule has 2 aliphatic rings. The number of rotatable bonds is 6. The summed E-state index contributed by atoms with van der Waals surface area (Å²) in [6.45, 7) is 2.70. The van der Waals surface area contributed by atoms with Gasteiger partial charge in [-0.05, 0) is 61.0 Å². The topological polar surface area (TPSA) is 70.8 Å². The number of benzene rings is 3. The Kier molecular flexibility index (Phi) is 5.43. The predicted molar refractivity (Wildman–Crippen MR) is 129 cm³/mol. The molecule has 0 bridgehead atoms. The van der Waals surface area contributed by atoms with Crippen LogP contribution in [0.4, 0.5) is 10.1 Å². The van der Waals surface area contributed by atoms with Gasteiger partial charge in [0.2, 0.25) is 0 Å². The highest BCUT2D eigenvalue weighted by molar-refractivity contribution is 5.91. The normalized spacial score (nSPS) is 20.5. The van der Waals surface area contributed by atoms with Crippen molar-refractivity contribution in [2.45, 2.75) is 24.5 Å². The fraction of sp³-hybridized carbons (Fsp3) is 0.296. The molecule has 0 aliphatic carbocycles. The summed E-state index contributed by atoms with van der Waals surface area (Å²) in [6.07, 6.45) is 0.516. The molecule has 0 spiro atoms. The van der Waals surface area contributed by atoms with E-state index in [0.717, 1.165) is 30.5 Å². The van der Waals surface area contributed by atoms with Crippen LogP contribution in [0.2, 0.25) is 0 Å². The van der Waals surface area contributed by atoms with E-state index in [9.17, 15) is 9.50 Å². The molecule has 2 unspecified atom stereocenters. The summed E-state index contributed by atoms with van der Waals surface area (Å²) >= 11 is 0. The van der Waals surface area contributed by atoms with Gasteiger partial charge in [-0.1, -0.05) is 23.4 Å². The number of β-amino-alcohol motifs (C(OH)–C–C–N with tert-alkyl or cyclic N) is 1. The maximum Gasteiger partial charge on any atom is 0.170 e. The Morgan fingerprint density at radius 2 is 2.00 bits per heavy atom. The van der Waals surface area contributed by atoms with Crippen molar-refractivity contribution in [1.82, 2.24) is 10.1 Å². The van der Waals surface area contributed by atoms with Gasteiger partial charge < -0.3 is 19.7 Å². The van der Waals surface area contributed by atoms with Gasteiger partial charge in [0.15, 0.2) is 5.58 Å². The largest absolute Gasteiger partial charge is 0.491 e. The van der Waals surface area contributed by atoms with Crippen molar-refractivity contribution in [3.8, 4) is 17.0 Å². The lowest BCUT2D eigenvalue weighted by Crippen LogP contribution is -2.47. The molecule has 3 aromatic carbocycles. The number of aromatic nitrogens is 1. The van der Waals surface area contributed by atoms with Crippen molar-refractivity contribution in [3.63, 3.8) is 0 Å². The molecule has 6 rings (SSSR count). The highest BCUT2D eigenvalue weighted by atomic mass is 19.1. The molecule has 1 fully saturated rings. The highest BCUT2D eigenvalue weighted by Gasteiger charge is 2.36. The number of aliphatic hydroxyl groups excluding tert-OH is 1. The molecule has 7 heteroatoms. The summed E-state index contributed by atoms with van der Waals surface area (Å²) in [5, 5.41) is 19.1. The van der Waals surface area contributed by atoms with Gasteiger partial charge in [-0.15, -0.1) is 0 Å². The van der Waals surface area contributed by atoms with Gasteiger partial charge in [-0.3, -0.25) is 4.90 Å². The Bertz CT molecular complexity index is 1310. The van der Waals surface area contributed by atoms with Crippen LogP contribution in [0.5, 0.6) is 5.75 Å². The Morgan fingerprint density at radius 1 is 1.15 bits per heavy atom. The number of fused-ring (bicyclic) bond motifs is 4. The third kappa shape index (κ3) is 4.02. The molecule has 1 saturated heterocycles. The average molecular weight is 460 g/mol. The Morgan fingerprint density at radius 3 is 2.88 bits per heavy atom. The van der Waals surface area contributed by atoms with Crippen LogP contribution in [0.1, 0.15) is 17.9 Å². The van der Waals surface area contributed by atoms with Crippen molar-refractivity contribution in [2.75, 3.05) is 31.6 Å². The Labute approximate surface area is 196 Å². The molecule has 6 nitrogen and oxygen atoms in total. The van der Waals surface area contributed by atoms with Gasteiger partial charge in [-0.2, -0.15) is 0 Å². The molecule has 4 aromatic rings. The van der Waals surface area contributed by atoms with Crippen LogP contribution >= 0.6 is 0 Å². The van der Waals surface area contributed by atoms with Crippen LogP contribution < -0.4 is 10.1 Å². The second-order valence-corrected chi connectivity index (χ2v) is 9.15. The lowest BCUT2D eigenvalue weighted by Gasteiger charge is -2.36. The summed E-state index contributed by atoms with van der Waals surface area (Å²) in [7, 11) is 0. The average Bonchev–Trinajstić information content (AvgIpc) is 3.43. The molecule has 2 aliphatic heterocycles. The summed E-state index contributed by atoms with van der Waals surface area (Å²) in [4.78, 5) is 2.32. The summed E-state index contributed by atoms with van der Waals surface area (Å²) in [6, 6.07) is 20.8. The molecular formula is C27H26FN3O3. The molecule has 34 heavy (non-hydrogen) atoms. The molecule has 1 aromatic heterocycles. The molecule has 174 valence electrons. The molecular weight excluding hydrogens is 433 g/mol. The van der Waals surface area contributed by atoms with Crippen LogP contribution in [-0.4, -0.2) is 53.6 Å². The monoisotopic (exact) mass is 459 g/mol. The lowest BCUT2D eigenvalue weighted by molar-refractivity contribution is 0.0580. The number of nitrogens with zero attached hydrogens (tertiary/aromatic N) is 2. The lowest BCUT2D eigenvalue weighted by atomic mass is 9.88. The van der Waals surface area contributed by atoms with E-state index in [2.05, 4.69) is 39.6 Å². The number of hydrogen-bond donors (Lipinski definition) is 2. The fourth-order valence-electron chi connectivity index (χ4n) is 5.23. The summed E-state index contributed by atoms with van der Waals surface area (Å²) in [5.41, 5.74) is 4.60.